The van der Waals surface area contributed by atoms with Crippen molar-refractivity contribution in [3.8, 4) is 0 Å². The molecule has 0 amide bonds. The van der Waals surface area contributed by atoms with Crippen molar-refractivity contribution < 1.29 is 13.2 Å². The highest BCUT2D eigenvalue weighted by Crippen LogP contribution is 2.38. The molecule has 0 bridgehead atoms. The van der Waals surface area contributed by atoms with Crippen LogP contribution in [0.5, 0.6) is 0 Å². The summed E-state index contributed by atoms with van der Waals surface area (Å²) in [6, 6.07) is 15.2. The highest BCUT2D eigenvalue weighted by Gasteiger charge is 2.40. The lowest BCUT2D eigenvalue weighted by Crippen LogP contribution is -2.21. The highest BCUT2D eigenvalue weighted by atomic mass is 35.5. The van der Waals surface area contributed by atoms with E-state index in [1.54, 1.807) is 12.1 Å². The molecule has 0 radical (unpaired) electrons. The van der Waals surface area contributed by atoms with E-state index in [-0.39, 0.29) is 12.0 Å². The summed E-state index contributed by atoms with van der Waals surface area (Å²) in [6.07, 6.45) is -3.86. The minimum absolute atomic E-state index is 0.0217. The predicted molar refractivity (Wildman–Crippen MR) is 75.0 cm³/mol. The Labute approximate surface area is 121 Å². The van der Waals surface area contributed by atoms with Gasteiger partial charge in [0.15, 0.2) is 0 Å². The lowest BCUT2D eigenvalue weighted by molar-refractivity contribution is -0.151. The van der Waals surface area contributed by atoms with Crippen LogP contribution in [0.3, 0.4) is 0 Å². The first-order chi connectivity index (χ1) is 9.47. The summed E-state index contributed by atoms with van der Waals surface area (Å²) in [7, 11) is 0. The van der Waals surface area contributed by atoms with Gasteiger partial charge in [-0.3, -0.25) is 0 Å². The molecular weight excluding hydrogens is 285 g/mol. The van der Waals surface area contributed by atoms with Crippen LogP contribution in [0.4, 0.5) is 13.2 Å². The van der Waals surface area contributed by atoms with Crippen molar-refractivity contribution in [2.45, 2.75) is 24.9 Å². The van der Waals surface area contributed by atoms with Crippen LogP contribution in [-0.4, -0.2) is 6.18 Å². The largest absolute Gasteiger partial charge is 0.395 e. The lowest BCUT2D eigenvalue weighted by atomic mass is 9.92. The van der Waals surface area contributed by atoms with Crippen LogP contribution in [0.25, 0.3) is 0 Å². The molecule has 0 aliphatic heterocycles. The van der Waals surface area contributed by atoms with Crippen LogP contribution in [0.1, 0.15) is 23.5 Å². The van der Waals surface area contributed by atoms with E-state index >= 15 is 0 Å². The first-order valence-corrected chi connectivity index (χ1v) is 6.71. The van der Waals surface area contributed by atoms with Crippen LogP contribution >= 0.6 is 11.6 Å². The van der Waals surface area contributed by atoms with Gasteiger partial charge in [-0.25, -0.2) is 0 Å². The zero-order valence-corrected chi connectivity index (χ0v) is 11.5. The van der Waals surface area contributed by atoms with E-state index in [9.17, 15) is 13.2 Å². The van der Waals surface area contributed by atoms with Crippen LogP contribution < -0.4 is 0 Å². The monoisotopic (exact) mass is 298 g/mol. The van der Waals surface area contributed by atoms with E-state index < -0.39 is 12.1 Å². The van der Waals surface area contributed by atoms with Crippen molar-refractivity contribution in [2.24, 2.45) is 0 Å². The van der Waals surface area contributed by atoms with Gasteiger partial charge in [-0.2, -0.15) is 13.2 Å². The third kappa shape index (κ3) is 4.01. The van der Waals surface area contributed by atoms with Crippen LogP contribution in [0.2, 0.25) is 5.02 Å². The van der Waals surface area contributed by atoms with Crippen LogP contribution in [-0.2, 0) is 6.42 Å². The molecule has 2 aromatic carbocycles. The minimum Gasteiger partial charge on any atom is -0.170 e. The van der Waals surface area contributed by atoms with E-state index in [1.165, 1.54) is 12.1 Å². The Morgan fingerprint density at radius 2 is 1.65 bits per heavy atom. The standard InChI is InChI=1S/C16H14ClF3/c17-14-8-4-7-13(11-14)15(16(18,19)20)10-9-12-5-2-1-3-6-12/h1-8,11,15H,9-10H2. The van der Waals surface area contributed by atoms with Crippen molar-refractivity contribution >= 4 is 11.6 Å². The fourth-order valence-corrected chi connectivity index (χ4v) is 2.40. The smallest absolute Gasteiger partial charge is 0.170 e. The average Bonchev–Trinajstić information content (AvgIpc) is 2.39. The van der Waals surface area contributed by atoms with E-state index in [0.717, 1.165) is 5.56 Å². The molecule has 0 aliphatic rings. The summed E-state index contributed by atoms with van der Waals surface area (Å²) in [5, 5.41) is 0.330. The Morgan fingerprint density at radius 3 is 2.25 bits per heavy atom. The highest BCUT2D eigenvalue weighted by molar-refractivity contribution is 6.30. The van der Waals surface area contributed by atoms with Crippen molar-refractivity contribution in [3.63, 3.8) is 0 Å². The first-order valence-electron chi connectivity index (χ1n) is 6.33. The quantitative estimate of drug-likeness (QED) is 0.687. The fourth-order valence-electron chi connectivity index (χ4n) is 2.20. The third-order valence-corrected chi connectivity index (χ3v) is 3.45. The SMILES string of the molecule is FC(F)(F)C(CCc1ccccc1)c1cccc(Cl)c1. The molecule has 0 aliphatic carbocycles. The number of alkyl halides is 3. The van der Waals surface area contributed by atoms with Crippen molar-refractivity contribution in [2.75, 3.05) is 0 Å². The Kier molecular flexibility index (Phi) is 4.71. The van der Waals surface area contributed by atoms with Gasteiger partial charge in [-0.1, -0.05) is 54.1 Å². The van der Waals surface area contributed by atoms with E-state index in [0.29, 0.717) is 11.4 Å². The zero-order chi connectivity index (χ0) is 14.6. The normalized spacial score (nSPS) is 13.2. The second-order valence-electron chi connectivity index (χ2n) is 4.67. The predicted octanol–water partition coefficient (Wildman–Crippen LogP) is 5.62. The van der Waals surface area contributed by atoms with Gasteiger partial charge < -0.3 is 0 Å². The first kappa shape index (κ1) is 14.9. The number of hydrogen-bond donors (Lipinski definition) is 0. The lowest BCUT2D eigenvalue weighted by Gasteiger charge is -2.21. The van der Waals surface area contributed by atoms with Crippen molar-refractivity contribution in [1.82, 2.24) is 0 Å². The van der Waals surface area contributed by atoms with E-state index in [4.69, 9.17) is 11.6 Å². The molecule has 2 rings (SSSR count). The fraction of sp³-hybridized carbons (Fsp3) is 0.250. The second-order valence-corrected chi connectivity index (χ2v) is 5.11. The van der Waals surface area contributed by atoms with Gasteiger partial charge in [0.25, 0.3) is 0 Å². The molecule has 0 aromatic heterocycles. The van der Waals surface area contributed by atoms with E-state index in [1.807, 2.05) is 30.3 Å². The third-order valence-electron chi connectivity index (χ3n) is 3.21. The molecule has 20 heavy (non-hydrogen) atoms. The minimum atomic E-state index is -4.26. The van der Waals surface area contributed by atoms with Crippen molar-refractivity contribution in [3.05, 3.63) is 70.7 Å². The second kappa shape index (κ2) is 6.31. The molecule has 1 unspecified atom stereocenters. The van der Waals surface area contributed by atoms with Crippen LogP contribution in [0.15, 0.2) is 54.6 Å². The number of benzene rings is 2. The molecule has 0 spiro atoms. The molecule has 0 saturated heterocycles. The van der Waals surface area contributed by atoms with Gasteiger partial charge in [0.05, 0.1) is 5.92 Å². The van der Waals surface area contributed by atoms with Gasteiger partial charge in [-0.15, -0.1) is 0 Å². The summed E-state index contributed by atoms with van der Waals surface area (Å²) in [5.74, 6) is -1.48. The molecule has 0 heterocycles. The topological polar surface area (TPSA) is 0 Å². The van der Waals surface area contributed by atoms with E-state index in [2.05, 4.69) is 0 Å². The van der Waals surface area contributed by atoms with Gasteiger partial charge in [0.2, 0.25) is 0 Å². The Morgan fingerprint density at radius 1 is 0.950 bits per heavy atom. The molecule has 0 N–H and O–H groups in total. The molecule has 2 aromatic rings. The number of rotatable bonds is 4. The maximum atomic E-state index is 13.2. The Bertz CT molecular complexity index is 549. The number of aryl methyl sites for hydroxylation is 1. The maximum absolute atomic E-state index is 13.2. The summed E-state index contributed by atoms with van der Waals surface area (Å²) < 4.78 is 39.6. The van der Waals surface area contributed by atoms with Gasteiger partial charge in [-0.05, 0) is 36.1 Å². The van der Waals surface area contributed by atoms with Gasteiger partial charge in [0.1, 0.15) is 0 Å². The Balaban J connectivity index is 2.17. The van der Waals surface area contributed by atoms with Crippen LogP contribution in [0, 0.1) is 0 Å². The molecule has 1 atom stereocenters. The van der Waals surface area contributed by atoms with Gasteiger partial charge in [0, 0.05) is 5.02 Å². The molecule has 0 saturated carbocycles. The number of halogens is 4. The molecule has 0 fully saturated rings. The summed E-state index contributed by atoms with van der Waals surface area (Å²) in [5.41, 5.74) is 1.13. The van der Waals surface area contributed by atoms with Crippen molar-refractivity contribution in [1.29, 1.82) is 0 Å². The molecule has 0 nitrogen and oxygen atoms in total. The summed E-state index contributed by atoms with van der Waals surface area (Å²) >= 11 is 5.79. The molecular formula is C16H14ClF3. The Hall–Kier alpha value is -1.48. The number of hydrogen-bond acceptors (Lipinski definition) is 0. The molecule has 106 valence electrons. The summed E-state index contributed by atoms with van der Waals surface area (Å²) in [6.45, 7) is 0. The zero-order valence-electron chi connectivity index (χ0n) is 10.7. The molecule has 4 heteroatoms. The van der Waals surface area contributed by atoms with Gasteiger partial charge >= 0.3 is 6.18 Å². The average molecular weight is 299 g/mol. The summed E-state index contributed by atoms with van der Waals surface area (Å²) in [4.78, 5) is 0. The maximum Gasteiger partial charge on any atom is 0.395 e.